The van der Waals surface area contributed by atoms with Gasteiger partial charge in [-0.3, -0.25) is 9.79 Å². The van der Waals surface area contributed by atoms with Gasteiger partial charge >= 0.3 is 0 Å². The fourth-order valence-corrected chi connectivity index (χ4v) is 5.80. The number of sulfone groups is 1. The fourth-order valence-electron chi connectivity index (χ4n) is 4.20. The minimum Gasteiger partial charge on any atom is -0.368 e. The maximum atomic E-state index is 12.9. The molecule has 1 heterocycles. The minimum absolute atomic E-state index is 0.0458. The molecule has 0 bridgehead atoms. The van der Waals surface area contributed by atoms with E-state index in [0.717, 1.165) is 30.9 Å². The Labute approximate surface area is 217 Å². The number of benzene rings is 3. The highest BCUT2D eigenvalue weighted by Gasteiger charge is 2.18. The van der Waals surface area contributed by atoms with Crippen LogP contribution in [0.3, 0.4) is 0 Å². The molecule has 0 fully saturated rings. The van der Waals surface area contributed by atoms with Crippen molar-refractivity contribution < 1.29 is 13.2 Å². The summed E-state index contributed by atoms with van der Waals surface area (Å²) in [6.45, 7) is 2.76. The Morgan fingerprint density at radius 3 is 2.58 bits per heavy atom. The predicted octanol–water partition coefficient (Wildman–Crippen LogP) is 3.65. The van der Waals surface area contributed by atoms with Gasteiger partial charge in [-0.1, -0.05) is 60.1 Å². The normalized spacial score (nSPS) is 13.4. The highest BCUT2D eigenvalue weighted by Crippen LogP contribution is 2.28. The van der Waals surface area contributed by atoms with E-state index in [1.807, 2.05) is 6.07 Å². The third kappa shape index (κ3) is 6.43. The molecule has 4 rings (SSSR count). The number of aliphatic imine (C=N–C) groups is 1. The van der Waals surface area contributed by atoms with E-state index in [2.05, 4.69) is 39.9 Å². The summed E-state index contributed by atoms with van der Waals surface area (Å²) in [6, 6.07) is 18.6. The summed E-state index contributed by atoms with van der Waals surface area (Å²) < 4.78 is 25.8. The summed E-state index contributed by atoms with van der Waals surface area (Å²) in [7, 11) is -1.74. The zero-order valence-electron chi connectivity index (χ0n) is 20.3. The van der Waals surface area contributed by atoms with Crippen molar-refractivity contribution in [3.63, 3.8) is 0 Å². The van der Waals surface area contributed by atoms with Crippen LogP contribution in [0.1, 0.15) is 24.0 Å². The van der Waals surface area contributed by atoms with Crippen LogP contribution in [0.4, 0.5) is 0 Å². The number of amidine groups is 1. The van der Waals surface area contributed by atoms with Crippen LogP contribution in [0.25, 0.3) is 10.8 Å². The van der Waals surface area contributed by atoms with Crippen LogP contribution in [0.15, 0.2) is 70.6 Å². The monoisotopic (exact) mass is 526 g/mol. The number of halogens is 1. The Bertz CT molecular complexity index is 1360. The minimum atomic E-state index is -3.55. The lowest BCUT2D eigenvalue weighted by molar-refractivity contribution is -0.129. The molecule has 3 aromatic rings. The molecule has 1 aliphatic rings. The van der Waals surface area contributed by atoms with E-state index >= 15 is 0 Å². The molecule has 1 aliphatic heterocycles. The van der Waals surface area contributed by atoms with E-state index in [9.17, 15) is 13.2 Å². The maximum Gasteiger partial charge on any atom is 0.222 e. The van der Waals surface area contributed by atoms with Crippen molar-refractivity contribution in [2.75, 3.05) is 39.1 Å². The van der Waals surface area contributed by atoms with Gasteiger partial charge in [-0.25, -0.2) is 8.42 Å². The van der Waals surface area contributed by atoms with Crippen LogP contribution in [-0.2, 0) is 21.1 Å². The number of carbonyl (C=O) groups is 1. The molecule has 2 N–H and O–H groups in total. The lowest BCUT2D eigenvalue weighted by Crippen LogP contribution is -2.30. The first-order valence-corrected chi connectivity index (χ1v) is 14.1. The number of hydrogen-bond donors (Lipinski definition) is 2. The lowest BCUT2D eigenvalue weighted by Gasteiger charge is -2.17. The fraction of sp³-hybridized carbons (Fsp3) is 0.333. The van der Waals surface area contributed by atoms with Crippen molar-refractivity contribution in [2.24, 2.45) is 4.99 Å². The summed E-state index contributed by atoms with van der Waals surface area (Å²) in [6.07, 6.45) is 1.69. The summed E-state index contributed by atoms with van der Waals surface area (Å²) in [5, 5.41) is 8.09. The number of amides is 1. The molecule has 3 aromatic carbocycles. The van der Waals surface area contributed by atoms with Gasteiger partial charge in [0, 0.05) is 47.9 Å². The van der Waals surface area contributed by atoms with E-state index in [-0.39, 0.29) is 16.7 Å². The van der Waals surface area contributed by atoms with Crippen LogP contribution in [0.2, 0.25) is 5.02 Å². The molecule has 7 nitrogen and oxygen atoms in total. The van der Waals surface area contributed by atoms with Gasteiger partial charge in [0.25, 0.3) is 0 Å². The summed E-state index contributed by atoms with van der Waals surface area (Å²) >= 11 is 6.21. The SMILES string of the molecule is CN(CCc1ccc(C2=NCCN2)cc1)C(=O)CCCNCS(=O)(=O)c1cccc2c(Cl)cccc12. The highest BCUT2D eigenvalue weighted by molar-refractivity contribution is 7.91. The lowest BCUT2D eigenvalue weighted by atomic mass is 10.1. The molecule has 1 amide bonds. The molecule has 190 valence electrons. The number of carbonyl (C=O) groups excluding carboxylic acids is 1. The van der Waals surface area contributed by atoms with E-state index in [0.29, 0.717) is 41.7 Å². The molecule has 36 heavy (non-hydrogen) atoms. The zero-order valence-corrected chi connectivity index (χ0v) is 21.9. The van der Waals surface area contributed by atoms with E-state index in [4.69, 9.17) is 11.6 Å². The second-order valence-corrected chi connectivity index (χ2v) is 11.2. The third-order valence-electron chi connectivity index (χ3n) is 6.26. The van der Waals surface area contributed by atoms with Gasteiger partial charge in [-0.05, 0) is 37.1 Å². The number of nitrogens with zero attached hydrogens (tertiary/aromatic N) is 2. The number of rotatable bonds is 11. The van der Waals surface area contributed by atoms with E-state index in [1.54, 1.807) is 42.3 Å². The Balaban J connectivity index is 1.19. The first-order valence-electron chi connectivity index (χ1n) is 12.1. The second-order valence-electron chi connectivity index (χ2n) is 8.87. The maximum absolute atomic E-state index is 12.9. The molecule has 0 unspecified atom stereocenters. The van der Waals surface area contributed by atoms with Crippen molar-refractivity contribution in [3.8, 4) is 0 Å². The van der Waals surface area contributed by atoms with Crippen LogP contribution in [0, 0.1) is 0 Å². The average molecular weight is 527 g/mol. The molecule has 0 atom stereocenters. The van der Waals surface area contributed by atoms with Crippen molar-refractivity contribution >= 4 is 44.0 Å². The van der Waals surface area contributed by atoms with Gasteiger partial charge in [-0.2, -0.15) is 0 Å². The van der Waals surface area contributed by atoms with E-state index in [1.165, 1.54) is 5.56 Å². The highest BCUT2D eigenvalue weighted by atomic mass is 35.5. The molecular weight excluding hydrogens is 496 g/mol. The van der Waals surface area contributed by atoms with Crippen molar-refractivity contribution in [1.82, 2.24) is 15.5 Å². The zero-order chi connectivity index (χ0) is 25.5. The Hall–Kier alpha value is -2.94. The Kier molecular flexibility index (Phi) is 8.61. The summed E-state index contributed by atoms with van der Waals surface area (Å²) in [5.74, 6) is 0.793. The van der Waals surface area contributed by atoms with Crippen LogP contribution in [0.5, 0.6) is 0 Å². The molecule has 0 saturated heterocycles. The van der Waals surface area contributed by atoms with Gasteiger partial charge in [-0.15, -0.1) is 0 Å². The molecule has 0 aliphatic carbocycles. The standard InChI is InChI=1S/C27H31ClN4O3S/c1-32(18-14-20-10-12-21(13-11-20)27-30-16-17-31-27)26(33)9-4-15-29-19-36(34,35)25-8-3-5-22-23(25)6-2-7-24(22)28/h2-3,5-8,10-13,29H,4,9,14-19H2,1H3,(H,30,31). The largest absolute Gasteiger partial charge is 0.368 e. The van der Waals surface area contributed by atoms with Gasteiger partial charge in [0.05, 0.1) is 11.4 Å². The van der Waals surface area contributed by atoms with Gasteiger partial charge in [0.1, 0.15) is 11.7 Å². The first-order chi connectivity index (χ1) is 17.3. The number of likely N-dealkylation sites (N-methyl/N-ethyl adjacent to an activating group) is 1. The van der Waals surface area contributed by atoms with Crippen LogP contribution < -0.4 is 10.6 Å². The third-order valence-corrected chi connectivity index (χ3v) is 8.20. The molecule has 9 heteroatoms. The van der Waals surface area contributed by atoms with Crippen LogP contribution in [-0.4, -0.2) is 64.2 Å². The quantitative estimate of drug-likeness (QED) is 0.372. The average Bonchev–Trinajstić information content (AvgIpc) is 3.42. The Morgan fingerprint density at radius 1 is 1.08 bits per heavy atom. The first kappa shape index (κ1) is 26.1. The second kappa shape index (κ2) is 11.9. The van der Waals surface area contributed by atoms with E-state index < -0.39 is 9.84 Å². The topological polar surface area (TPSA) is 90.9 Å². The summed E-state index contributed by atoms with van der Waals surface area (Å²) in [5.41, 5.74) is 2.25. The van der Waals surface area contributed by atoms with Crippen LogP contribution >= 0.6 is 11.6 Å². The van der Waals surface area contributed by atoms with Gasteiger partial charge in [0.2, 0.25) is 5.91 Å². The molecular formula is C27H31ClN4O3S. The molecule has 0 saturated carbocycles. The van der Waals surface area contributed by atoms with Crippen molar-refractivity contribution in [2.45, 2.75) is 24.2 Å². The van der Waals surface area contributed by atoms with Crippen molar-refractivity contribution in [3.05, 3.63) is 76.8 Å². The van der Waals surface area contributed by atoms with Gasteiger partial charge < -0.3 is 15.5 Å². The predicted molar refractivity (Wildman–Crippen MR) is 145 cm³/mol. The smallest absolute Gasteiger partial charge is 0.222 e. The summed E-state index contributed by atoms with van der Waals surface area (Å²) in [4.78, 5) is 18.9. The molecule has 0 spiro atoms. The molecule has 0 aromatic heterocycles. The Morgan fingerprint density at radius 2 is 1.83 bits per heavy atom. The van der Waals surface area contributed by atoms with Gasteiger partial charge in [0.15, 0.2) is 9.84 Å². The van der Waals surface area contributed by atoms with Crippen molar-refractivity contribution in [1.29, 1.82) is 0 Å². The number of hydrogen-bond acceptors (Lipinski definition) is 6. The molecule has 0 radical (unpaired) electrons. The number of fused-ring (bicyclic) bond motifs is 1. The number of nitrogens with one attached hydrogen (secondary N) is 2.